The number of hydrogen-bond acceptors (Lipinski definition) is 2. The minimum absolute atomic E-state index is 0.423. The molecular formula is C12H15IO3. The molecule has 1 aromatic rings. The van der Waals surface area contributed by atoms with Gasteiger partial charge in [-0.1, -0.05) is 19.1 Å². The van der Waals surface area contributed by atoms with Gasteiger partial charge in [-0.15, -0.1) is 0 Å². The summed E-state index contributed by atoms with van der Waals surface area (Å²) in [4.78, 5) is 11.0. The number of carbonyl (C=O) groups is 1. The Morgan fingerprint density at radius 2 is 2.06 bits per heavy atom. The highest BCUT2D eigenvalue weighted by molar-refractivity contribution is 14.1. The van der Waals surface area contributed by atoms with Crippen LogP contribution in [-0.2, 0) is 16.0 Å². The second-order valence-corrected chi connectivity index (χ2v) is 4.77. The molecule has 3 nitrogen and oxygen atoms in total. The van der Waals surface area contributed by atoms with Crippen molar-refractivity contribution in [3.8, 4) is 0 Å². The van der Waals surface area contributed by atoms with E-state index in [0.717, 1.165) is 15.6 Å². The smallest absolute Gasteiger partial charge is 0.333 e. The monoisotopic (exact) mass is 334 g/mol. The Bertz CT molecular complexity index is 335. The minimum Gasteiger partial charge on any atom is -0.479 e. The summed E-state index contributed by atoms with van der Waals surface area (Å²) in [5.41, 5.74) is 0.990. The largest absolute Gasteiger partial charge is 0.479 e. The quantitative estimate of drug-likeness (QED) is 0.814. The maximum Gasteiger partial charge on any atom is 0.333 e. The number of carboxylic acid groups (broad SMARTS) is 1. The van der Waals surface area contributed by atoms with Crippen molar-refractivity contribution in [3.05, 3.63) is 33.4 Å². The molecule has 0 unspecified atom stereocenters. The summed E-state index contributed by atoms with van der Waals surface area (Å²) < 4.78 is 6.43. The van der Waals surface area contributed by atoms with Gasteiger partial charge in [-0.2, -0.15) is 0 Å². The van der Waals surface area contributed by atoms with Crippen molar-refractivity contribution in [2.75, 3.05) is 6.61 Å². The van der Waals surface area contributed by atoms with Crippen molar-refractivity contribution in [1.29, 1.82) is 0 Å². The number of carboxylic acids is 1. The van der Waals surface area contributed by atoms with Crippen molar-refractivity contribution in [2.45, 2.75) is 25.9 Å². The zero-order valence-electron chi connectivity index (χ0n) is 9.15. The van der Waals surface area contributed by atoms with Crippen molar-refractivity contribution >= 4 is 28.6 Å². The van der Waals surface area contributed by atoms with Gasteiger partial charge in [0, 0.05) is 16.6 Å². The Balaban J connectivity index is 2.60. The molecule has 0 aliphatic carbocycles. The van der Waals surface area contributed by atoms with Crippen LogP contribution >= 0.6 is 22.6 Å². The highest BCUT2D eigenvalue weighted by atomic mass is 127. The first-order valence-electron chi connectivity index (χ1n) is 5.22. The molecule has 0 aliphatic rings. The third kappa shape index (κ3) is 4.49. The molecule has 0 saturated carbocycles. The normalized spacial score (nSPS) is 12.4. The van der Waals surface area contributed by atoms with Gasteiger partial charge < -0.3 is 9.84 Å². The lowest BCUT2D eigenvalue weighted by Crippen LogP contribution is -2.26. The average molecular weight is 334 g/mol. The Kier molecular flexibility index (Phi) is 5.76. The van der Waals surface area contributed by atoms with Gasteiger partial charge in [-0.3, -0.25) is 0 Å². The maximum absolute atomic E-state index is 11.0. The van der Waals surface area contributed by atoms with Crippen LogP contribution in [0.5, 0.6) is 0 Å². The Morgan fingerprint density at radius 1 is 1.44 bits per heavy atom. The summed E-state index contributed by atoms with van der Waals surface area (Å²) in [6, 6.07) is 7.81. The number of halogens is 1. The summed E-state index contributed by atoms with van der Waals surface area (Å²) in [7, 11) is 0. The number of rotatable bonds is 6. The van der Waals surface area contributed by atoms with E-state index in [9.17, 15) is 4.79 Å². The molecule has 1 N–H and O–H groups in total. The molecule has 0 amide bonds. The Labute approximate surface area is 109 Å². The van der Waals surface area contributed by atoms with Crippen LogP contribution < -0.4 is 0 Å². The van der Waals surface area contributed by atoms with Crippen LogP contribution in [0.25, 0.3) is 0 Å². The Morgan fingerprint density at radius 3 is 2.56 bits per heavy atom. The van der Waals surface area contributed by atoms with E-state index in [1.807, 2.05) is 31.2 Å². The van der Waals surface area contributed by atoms with Crippen molar-refractivity contribution in [3.63, 3.8) is 0 Å². The second kappa shape index (κ2) is 6.85. The molecule has 0 heterocycles. The van der Waals surface area contributed by atoms with E-state index in [4.69, 9.17) is 9.84 Å². The van der Waals surface area contributed by atoms with Crippen LogP contribution in [0, 0.1) is 3.57 Å². The molecule has 1 atom stereocenters. The fraction of sp³-hybridized carbons (Fsp3) is 0.417. The molecule has 1 aromatic carbocycles. The third-order valence-corrected chi connectivity index (χ3v) is 2.85. The van der Waals surface area contributed by atoms with Crippen LogP contribution in [-0.4, -0.2) is 23.8 Å². The van der Waals surface area contributed by atoms with Crippen LogP contribution in [0.2, 0.25) is 0 Å². The fourth-order valence-corrected chi connectivity index (χ4v) is 1.67. The zero-order chi connectivity index (χ0) is 12.0. The molecule has 0 aliphatic heterocycles. The van der Waals surface area contributed by atoms with Crippen molar-refractivity contribution in [2.24, 2.45) is 0 Å². The van der Waals surface area contributed by atoms with E-state index in [0.29, 0.717) is 13.0 Å². The van der Waals surface area contributed by atoms with Crippen molar-refractivity contribution in [1.82, 2.24) is 0 Å². The number of hydrogen-bond donors (Lipinski definition) is 1. The maximum atomic E-state index is 11.0. The molecule has 0 fully saturated rings. The highest BCUT2D eigenvalue weighted by Crippen LogP contribution is 2.10. The topological polar surface area (TPSA) is 46.5 Å². The molecule has 0 saturated heterocycles. The number of ether oxygens (including phenoxy) is 1. The molecule has 1 rings (SSSR count). The summed E-state index contributed by atoms with van der Waals surface area (Å²) >= 11 is 2.22. The lowest BCUT2D eigenvalue weighted by molar-refractivity contribution is -0.150. The standard InChI is InChI=1S/C12H15IO3/c1-2-7-16-11(12(14)15)8-9-3-5-10(13)6-4-9/h3-6,11H,2,7-8H2,1H3,(H,14,15)/t11-/m1/s1. The third-order valence-electron chi connectivity index (χ3n) is 2.13. The molecule has 4 heteroatoms. The first-order chi connectivity index (χ1) is 7.63. The van der Waals surface area contributed by atoms with Crippen LogP contribution in [0.15, 0.2) is 24.3 Å². The second-order valence-electron chi connectivity index (χ2n) is 3.53. The zero-order valence-corrected chi connectivity index (χ0v) is 11.3. The summed E-state index contributed by atoms with van der Waals surface area (Å²) in [6.45, 7) is 2.45. The van der Waals surface area contributed by atoms with E-state index < -0.39 is 12.1 Å². The average Bonchev–Trinajstić information content (AvgIpc) is 2.26. The van der Waals surface area contributed by atoms with E-state index in [-0.39, 0.29) is 0 Å². The van der Waals surface area contributed by atoms with Gasteiger partial charge >= 0.3 is 5.97 Å². The van der Waals surface area contributed by atoms with Gasteiger partial charge in [-0.25, -0.2) is 4.79 Å². The summed E-state index contributed by atoms with van der Waals surface area (Å²) in [6.07, 6.45) is 0.517. The van der Waals surface area contributed by atoms with E-state index in [2.05, 4.69) is 22.6 Å². The molecular weight excluding hydrogens is 319 g/mol. The molecule has 0 radical (unpaired) electrons. The van der Waals surface area contributed by atoms with Gasteiger partial charge in [0.15, 0.2) is 6.10 Å². The predicted molar refractivity (Wildman–Crippen MR) is 70.5 cm³/mol. The molecule has 0 spiro atoms. The van der Waals surface area contributed by atoms with Gasteiger partial charge in [0.1, 0.15) is 0 Å². The number of benzene rings is 1. The molecule has 0 bridgehead atoms. The van der Waals surface area contributed by atoms with Crippen molar-refractivity contribution < 1.29 is 14.6 Å². The fourth-order valence-electron chi connectivity index (χ4n) is 1.31. The van der Waals surface area contributed by atoms with Gasteiger partial charge in [0.25, 0.3) is 0 Å². The highest BCUT2D eigenvalue weighted by Gasteiger charge is 2.17. The van der Waals surface area contributed by atoms with Crippen LogP contribution in [0.1, 0.15) is 18.9 Å². The van der Waals surface area contributed by atoms with Gasteiger partial charge in [0.05, 0.1) is 0 Å². The van der Waals surface area contributed by atoms with Crippen LogP contribution in [0.4, 0.5) is 0 Å². The summed E-state index contributed by atoms with van der Waals surface area (Å²) in [5.74, 6) is -0.896. The molecule has 0 aromatic heterocycles. The molecule has 16 heavy (non-hydrogen) atoms. The lowest BCUT2D eigenvalue weighted by Gasteiger charge is -2.13. The Hall–Kier alpha value is -0.620. The number of aliphatic carboxylic acids is 1. The first-order valence-corrected chi connectivity index (χ1v) is 6.30. The summed E-state index contributed by atoms with van der Waals surface area (Å²) in [5, 5.41) is 8.99. The van der Waals surface area contributed by atoms with Gasteiger partial charge in [-0.05, 0) is 46.7 Å². The lowest BCUT2D eigenvalue weighted by atomic mass is 10.1. The van der Waals surface area contributed by atoms with E-state index in [1.54, 1.807) is 0 Å². The molecule has 88 valence electrons. The van der Waals surface area contributed by atoms with E-state index >= 15 is 0 Å². The van der Waals surface area contributed by atoms with Crippen LogP contribution in [0.3, 0.4) is 0 Å². The SMILES string of the molecule is CCCO[C@H](Cc1ccc(I)cc1)C(=O)O. The van der Waals surface area contributed by atoms with E-state index in [1.165, 1.54) is 0 Å². The minimum atomic E-state index is -0.896. The first kappa shape index (κ1) is 13.4. The van der Waals surface area contributed by atoms with Gasteiger partial charge in [0.2, 0.25) is 0 Å². The predicted octanol–water partition coefficient (Wildman–Crippen LogP) is 2.71.